The highest BCUT2D eigenvalue weighted by Gasteiger charge is 2.23. The van der Waals surface area contributed by atoms with Crippen LogP contribution in [0.2, 0.25) is 10.0 Å². The molecule has 0 radical (unpaired) electrons. The van der Waals surface area contributed by atoms with Crippen LogP contribution in [-0.2, 0) is 6.54 Å². The van der Waals surface area contributed by atoms with Crippen molar-refractivity contribution in [3.05, 3.63) is 69.2 Å². The summed E-state index contributed by atoms with van der Waals surface area (Å²) in [7, 11) is 0. The Bertz CT molecular complexity index is 720. The molecular weight excluding hydrogens is 343 g/mol. The van der Waals surface area contributed by atoms with Gasteiger partial charge in [-0.05, 0) is 31.2 Å². The maximum Gasteiger partial charge on any atom is 0.253 e. The van der Waals surface area contributed by atoms with Crippen LogP contribution in [0.4, 0.5) is 0 Å². The van der Waals surface area contributed by atoms with Crippen LogP contribution in [-0.4, -0.2) is 41.9 Å². The van der Waals surface area contributed by atoms with Gasteiger partial charge < -0.3 is 4.90 Å². The number of nitrogens with zero attached hydrogens (tertiary/aromatic N) is 2. The smallest absolute Gasteiger partial charge is 0.253 e. The molecule has 0 aliphatic carbocycles. The van der Waals surface area contributed by atoms with E-state index in [-0.39, 0.29) is 5.91 Å². The van der Waals surface area contributed by atoms with E-state index in [1.54, 1.807) is 0 Å². The van der Waals surface area contributed by atoms with E-state index in [9.17, 15) is 4.79 Å². The summed E-state index contributed by atoms with van der Waals surface area (Å²) >= 11 is 12.5. The highest BCUT2D eigenvalue weighted by molar-refractivity contribution is 6.35. The van der Waals surface area contributed by atoms with Gasteiger partial charge in [0.25, 0.3) is 5.91 Å². The molecule has 24 heavy (non-hydrogen) atoms. The normalized spacial score (nSPS) is 15.5. The third-order valence-corrected chi connectivity index (χ3v) is 5.08. The Kier molecular flexibility index (Phi) is 5.44. The molecule has 1 heterocycles. The zero-order valence-electron chi connectivity index (χ0n) is 13.6. The van der Waals surface area contributed by atoms with Crippen LogP contribution in [0.3, 0.4) is 0 Å². The van der Waals surface area contributed by atoms with Crippen molar-refractivity contribution in [2.75, 3.05) is 26.2 Å². The second-order valence-electron chi connectivity index (χ2n) is 6.14. The summed E-state index contributed by atoms with van der Waals surface area (Å²) in [6, 6.07) is 13.3. The van der Waals surface area contributed by atoms with E-state index in [1.807, 2.05) is 54.3 Å². The third-order valence-electron chi connectivity index (χ3n) is 4.37. The highest BCUT2D eigenvalue weighted by atomic mass is 35.5. The number of aryl methyl sites for hydroxylation is 1. The number of amides is 1. The van der Waals surface area contributed by atoms with Crippen LogP contribution in [0, 0.1) is 6.92 Å². The fourth-order valence-corrected chi connectivity index (χ4v) is 3.49. The lowest BCUT2D eigenvalue weighted by atomic mass is 10.1. The Morgan fingerprint density at radius 2 is 1.62 bits per heavy atom. The number of piperazine rings is 1. The van der Waals surface area contributed by atoms with Crippen molar-refractivity contribution < 1.29 is 4.79 Å². The van der Waals surface area contributed by atoms with Crippen molar-refractivity contribution in [3.8, 4) is 0 Å². The monoisotopic (exact) mass is 362 g/mol. The summed E-state index contributed by atoms with van der Waals surface area (Å²) in [6.45, 7) is 5.79. The van der Waals surface area contributed by atoms with Gasteiger partial charge in [-0.25, -0.2) is 0 Å². The molecule has 5 heteroatoms. The standard InChI is InChI=1S/C19H20Cl2N2O/c1-14-4-2-5-15(12-14)19(24)23-10-8-22(9-11-23)13-16-17(20)6-3-7-18(16)21/h2-7,12H,8-11,13H2,1H3. The first kappa shape index (κ1) is 17.3. The summed E-state index contributed by atoms with van der Waals surface area (Å²) in [5, 5.41) is 1.39. The van der Waals surface area contributed by atoms with Crippen molar-refractivity contribution in [3.63, 3.8) is 0 Å². The lowest BCUT2D eigenvalue weighted by molar-refractivity contribution is 0.0628. The summed E-state index contributed by atoms with van der Waals surface area (Å²) in [5.41, 5.74) is 2.82. The van der Waals surface area contributed by atoms with E-state index < -0.39 is 0 Å². The Labute approximate surface area is 152 Å². The highest BCUT2D eigenvalue weighted by Crippen LogP contribution is 2.26. The van der Waals surface area contributed by atoms with Gasteiger partial charge in [-0.15, -0.1) is 0 Å². The van der Waals surface area contributed by atoms with E-state index >= 15 is 0 Å². The number of carbonyl (C=O) groups excluding carboxylic acids is 1. The number of rotatable bonds is 3. The van der Waals surface area contributed by atoms with Crippen LogP contribution < -0.4 is 0 Å². The van der Waals surface area contributed by atoms with Gasteiger partial charge in [-0.2, -0.15) is 0 Å². The Balaban J connectivity index is 1.61. The van der Waals surface area contributed by atoms with E-state index in [4.69, 9.17) is 23.2 Å². The fraction of sp³-hybridized carbons (Fsp3) is 0.316. The molecule has 0 saturated carbocycles. The lowest BCUT2D eigenvalue weighted by Gasteiger charge is -2.35. The van der Waals surface area contributed by atoms with E-state index in [0.29, 0.717) is 16.6 Å². The van der Waals surface area contributed by atoms with Crippen LogP contribution >= 0.6 is 23.2 Å². The number of benzene rings is 2. The predicted octanol–water partition coefficient (Wildman–Crippen LogP) is 4.26. The average Bonchev–Trinajstić information content (AvgIpc) is 2.58. The molecule has 2 aromatic carbocycles. The van der Waals surface area contributed by atoms with Gasteiger partial charge in [0.2, 0.25) is 0 Å². The largest absolute Gasteiger partial charge is 0.336 e. The van der Waals surface area contributed by atoms with Crippen LogP contribution in [0.5, 0.6) is 0 Å². The molecular formula is C19H20Cl2N2O. The van der Waals surface area contributed by atoms with Gasteiger partial charge in [0.1, 0.15) is 0 Å². The van der Waals surface area contributed by atoms with E-state index in [0.717, 1.165) is 42.9 Å². The lowest BCUT2D eigenvalue weighted by Crippen LogP contribution is -2.48. The third kappa shape index (κ3) is 3.92. The predicted molar refractivity (Wildman–Crippen MR) is 98.8 cm³/mol. The van der Waals surface area contributed by atoms with Gasteiger partial charge in [0.05, 0.1) is 0 Å². The summed E-state index contributed by atoms with van der Waals surface area (Å²) in [5.74, 6) is 0.106. The first-order chi connectivity index (χ1) is 11.5. The number of halogens is 2. The molecule has 0 spiro atoms. The Morgan fingerprint density at radius 1 is 1.00 bits per heavy atom. The second-order valence-corrected chi connectivity index (χ2v) is 6.95. The molecule has 3 nitrogen and oxygen atoms in total. The first-order valence-electron chi connectivity index (χ1n) is 8.06. The Hall–Kier alpha value is -1.55. The maximum absolute atomic E-state index is 12.6. The number of carbonyl (C=O) groups is 1. The molecule has 0 unspecified atom stereocenters. The topological polar surface area (TPSA) is 23.6 Å². The molecule has 0 bridgehead atoms. The van der Waals surface area contributed by atoms with E-state index in [2.05, 4.69) is 4.90 Å². The molecule has 0 N–H and O–H groups in total. The summed E-state index contributed by atoms with van der Waals surface area (Å²) in [4.78, 5) is 16.8. The minimum absolute atomic E-state index is 0.106. The first-order valence-corrected chi connectivity index (χ1v) is 8.81. The van der Waals surface area contributed by atoms with Crippen LogP contribution in [0.15, 0.2) is 42.5 Å². The maximum atomic E-state index is 12.6. The molecule has 2 aromatic rings. The van der Waals surface area contributed by atoms with Crippen molar-refractivity contribution in [1.82, 2.24) is 9.80 Å². The fourth-order valence-electron chi connectivity index (χ4n) is 2.98. The molecule has 1 aliphatic rings. The van der Waals surface area contributed by atoms with Crippen molar-refractivity contribution >= 4 is 29.1 Å². The van der Waals surface area contributed by atoms with Gasteiger partial charge in [-0.3, -0.25) is 9.69 Å². The number of hydrogen-bond donors (Lipinski definition) is 0. The zero-order valence-corrected chi connectivity index (χ0v) is 15.1. The molecule has 1 saturated heterocycles. The summed E-state index contributed by atoms with van der Waals surface area (Å²) < 4.78 is 0. The molecule has 0 atom stereocenters. The molecule has 3 rings (SSSR count). The summed E-state index contributed by atoms with van der Waals surface area (Å²) in [6.07, 6.45) is 0. The van der Waals surface area contributed by atoms with Gasteiger partial charge in [-0.1, -0.05) is 47.0 Å². The second kappa shape index (κ2) is 7.56. The minimum Gasteiger partial charge on any atom is -0.336 e. The van der Waals surface area contributed by atoms with Crippen molar-refractivity contribution in [2.45, 2.75) is 13.5 Å². The van der Waals surface area contributed by atoms with Crippen molar-refractivity contribution in [2.24, 2.45) is 0 Å². The van der Waals surface area contributed by atoms with Gasteiger partial charge >= 0.3 is 0 Å². The molecule has 1 aliphatic heterocycles. The molecule has 0 aromatic heterocycles. The zero-order chi connectivity index (χ0) is 17.1. The quantitative estimate of drug-likeness (QED) is 0.814. The Morgan fingerprint density at radius 3 is 2.25 bits per heavy atom. The van der Waals surface area contributed by atoms with E-state index in [1.165, 1.54) is 0 Å². The molecule has 126 valence electrons. The van der Waals surface area contributed by atoms with Gasteiger partial charge in [0, 0.05) is 53.9 Å². The minimum atomic E-state index is 0.106. The van der Waals surface area contributed by atoms with Crippen LogP contribution in [0.1, 0.15) is 21.5 Å². The molecule has 1 fully saturated rings. The van der Waals surface area contributed by atoms with Gasteiger partial charge in [0.15, 0.2) is 0 Å². The number of hydrogen-bond acceptors (Lipinski definition) is 2. The van der Waals surface area contributed by atoms with Crippen LogP contribution in [0.25, 0.3) is 0 Å². The SMILES string of the molecule is Cc1cccc(C(=O)N2CCN(Cc3c(Cl)cccc3Cl)CC2)c1. The van der Waals surface area contributed by atoms with Crippen molar-refractivity contribution in [1.29, 1.82) is 0 Å². The average molecular weight is 363 g/mol. The molecule has 1 amide bonds.